The Kier molecular flexibility index (Phi) is 3.03. The summed E-state index contributed by atoms with van der Waals surface area (Å²) in [6.07, 6.45) is 0.989. The number of morpholine rings is 1. The molecular weight excluding hydrogens is 180 g/mol. The number of carbonyl (C=O) groups excluding carboxylic acids is 1. The monoisotopic (exact) mass is 198 g/mol. The first-order chi connectivity index (χ1) is 6.79. The summed E-state index contributed by atoms with van der Waals surface area (Å²) in [5.74, 6) is 0.515. The lowest BCUT2D eigenvalue weighted by Crippen LogP contribution is -2.49. The van der Waals surface area contributed by atoms with Crippen LogP contribution in [0.3, 0.4) is 0 Å². The van der Waals surface area contributed by atoms with Crippen molar-refractivity contribution in [1.82, 2.24) is 10.2 Å². The lowest BCUT2D eigenvalue weighted by molar-refractivity contribution is -0.142. The normalized spacial score (nSPS) is 33.4. The van der Waals surface area contributed by atoms with Gasteiger partial charge in [-0.15, -0.1) is 0 Å². The van der Waals surface area contributed by atoms with Gasteiger partial charge in [0.25, 0.3) is 0 Å². The largest absolute Gasteiger partial charge is 0.377 e. The first-order valence-corrected chi connectivity index (χ1v) is 5.38. The summed E-state index contributed by atoms with van der Waals surface area (Å²) in [5.41, 5.74) is 0. The van der Waals surface area contributed by atoms with Crippen molar-refractivity contribution in [2.45, 2.75) is 19.4 Å². The molecule has 0 bridgehead atoms. The molecule has 4 heteroatoms. The van der Waals surface area contributed by atoms with Crippen LogP contribution in [0.2, 0.25) is 0 Å². The highest BCUT2D eigenvalue weighted by Gasteiger charge is 2.31. The van der Waals surface area contributed by atoms with Crippen molar-refractivity contribution >= 4 is 5.91 Å². The highest BCUT2D eigenvalue weighted by molar-refractivity contribution is 5.79. The van der Waals surface area contributed by atoms with E-state index in [0.717, 1.165) is 26.1 Å². The number of hydrogen-bond acceptors (Lipinski definition) is 3. The molecule has 14 heavy (non-hydrogen) atoms. The Bertz CT molecular complexity index is 214. The summed E-state index contributed by atoms with van der Waals surface area (Å²) >= 11 is 0. The average Bonchev–Trinajstić information content (AvgIpc) is 2.70. The zero-order valence-corrected chi connectivity index (χ0v) is 8.66. The molecule has 2 unspecified atom stereocenters. The van der Waals surface area contributed by atoms with Gasteiger partial charge >= 0.3 is 0 Å². The first-order valence-electron chi connectivity index (χ1n) is 5.38. The smallest absolute Gasteiger partial charge is 0.227 e. The Balaban J connectivity index is 1.94. The Labute approximate surface area is 84.6 Å². The molecule has 1 N–H and O–H groups in total. The second-order valence-corrected chi connectivity index (χ2v) is 4.15. The van der Waals surface area contributed by atoms with Gasteiger partial charge in [0.2, 0.25) is 5.91 Å². The van der Waals surface area contributed by atoms with Crippen LogP contribution in [0.15, 0.2) is 0 Å². The average molecular weight is 198 g/mol. The van der Waals surface area contributed by atoms with Gasteiger partial charge in [-0.3, -0.25) is 4.79 Å². The van der Waals surface area contributed by atoms with Crippen LogP contribution >= 0.6 is 0 Å². The van der Waals surface area contributed by atoms with E-state index in [1.165, 1.54) is 0 Å². The molecule has 2 atom stereocenters. The molecule has 80 valence electrons. The van der Waals surface area contributed by atoms with Crippen molar-refractivity contribution in [2.24, 2.45) is 5.92 Å². The van der Waals surface area contributed by atoms with E-state index in [-0.39, 0.29) is 12.0 Å². The standard InChI is InChI=1S/C10H18N2O2/c1-8-7-14-5-4-12(8)10(13)9-2-3-11-6-9/h8-9,11H,2-7H2,1H3. The van der Waals surface area contributed by atoms with Crippen LogP contribution < -0.4 is 5.32 Å². The fourth-order valence-electron chi connectivity index (χ4n) is 2.15. The summed E-state index contributed by atoms with van der Waals surface area (Å²) in [7, 11) is 0. The molecular formula is C10H18N2O2. The van der Waals surface area contributed by atoms with Crippen LogP contribution in [0.4, 0.5) is 0 Å². The van der Waals surface area contributed by atoms with E-state index in [0.29, 0.717) is 19.1 Å². The van der Waals surface area contributed by atoms with Crippen LogP contribution in [-0.2, 0) is 9.53 Å². The minimum Gasteiger partial charge on any atom is -0.377 e. The van der Waals surface area contributed by atoms with E-state index in [1.54, 1.807) is 0 Å². The number of amides is 1. The maximum atomic E-state index is 12.0. The second kappa shape index (κ2) is 4.28. The van der Waals surface area contributed by atoms with Gasteiger partial charge < -0.3 is 15.0 Å². The maximum Gasteiger partial charge on any atom is 0.227 e. The van der Waals surface area contributed by atoms with Gasteiger partial charge in [-0.25, -0.2) is 0 Å². The zero-order valence-electron chi connectivity index (χ0n) is 8.66. The van der Waals surface area contributed by atoms with Crippen LogP contribution in [0, 0.1) is 5.92 Å². The van der Waals surface area contributed by atoms with Crippen molar-refractivity contribution in [2.75, 3.05) is 32.8 Å². The Morgan fingerprint density at radius 3 is 3.07 bits per heavy atom. The molecule has 2 aliphatic heterocycles. The molecule has 0 aliphatic carbocycles. The van der Waals surface area contributed by atoms with Crippen LogP contribution in [0.5, 0.6) is 0 Å². The molecule has 0 aromatic heterocycles. The van der Waals surface area contributed by atoms with Gasteiger partial charge in [0.1, 0.15) is 0 Å². The summed E-state index contributed by atoms with van der Waals surface area (Å²) in [6.45, 7) is 6.02. The van der Waals surface area contributed by atoms with Crippen molar-refractivity contribution in [3.8, 4) is 0 Å². The quantitative estimate of drug-likeness (QED) is 0.637. The Morgan fingerprint density at radius 1 is 1.57 bits per heavy atom. The van der Waals surface area contributed by atoms with E-state index in [2.05, 4.69) is 12.2 Å². The van der Waals surface area contributed by atoms with E-state index in [9.17, 15) is 4.79 Å². The van der Waals surface area contributed by atoms with E-state index in [1.807, 2.05) is 4.90 Å². The molecule has 0 spiro atoms. The lowest BCUT2D eigenvalue weighted by atomic mass is 10.1. The first kappa shape index (κ1) is 9.93. The third-order valence-electron chi connectivity index (χ3n) is 3.06. The summed E-state index contributed by atoms with van der Waals surface area (Å²) in [4.78, 5) is 14.0. The molecule has 0 radical (unpaired) electrons. The van der Waals surface area contributed by atoms with Crippen molar-refractivity contribution in [1.29, 1.82) is 0 Å². The van der Waals surface area contributed by atoms with Crippen LogP contribution in [0.25, 0.3) is 0 Å². The molecule has 2 heterocycles. The van der Waals surface area contributed by atoms with Crippen molar-refractivity contribution < 1.29 is 9.53 Å². The number of nitrogens with zero attached hydrogens (tertiary/aromatic N) is 1. The van der Waals surface area contributed by atoms with Gasteiger partial charge in [-0.05, 0) is 19.9 Å². The molecule has 0 saturated carbocycles. The zero-order chi connectivity index (χ0) is 9.97. The molecule has 1 amide bonds. The second-order valence-electron chi connectivity index (χ2n) is 4.15. The van der Waals surface area contributed by atoms with E-state index < -0.39 is 0 Å². The molecule has 2 saturated heterocycles. The summed E-state index contributed by atoms with van der Waals surface area (Å²) < 4.78 is 5.32. The molecule has 0 aromatic carbocycles. The van der Waals surface area contributed by atoms with Gasteiger partial charge in [-0.2, -0.15) is 0 Å². The lowest BCUT2D eigenvalue weighted by Gasteiger charge is -2.34. The Hall–Kier alpha value is -0.610. The van der Waals surface area contributed by atoms with Crippen LogP contribution in [0.1, 0.15) is 13.3 Å². The minimum absolute atomic E-state index is 0.204. The Morgan fingerprint density at radius 2 is 2.43 bits per heavy atom. The molecule has 0 aromatic rings. The van der Waals surface area contributed by atoms with Crippen molar-refractivity contribution in [3.63, 3.8) is 0 Å². The van der Waals surface area contributed by atoms with Gasteiger partial charge in [-0.1, -0.05) is 0 Å². The van der Waals surface area contributed by atoms with E-state index >= 15 is 0 Å². The SMILES string of the molecule is CC1COCCN1C(=O)C1CCNC1. The molecule has 2 rings (SSSR count). The predicted molar refractivity (Wildman–Crippen MR) is 53.0 cm³/mol. The molecule has 2 fully saturated rings. The van der Waals surface area contributed by atoms with Gasteiger partial charge in [0.05, 0.1) is 25.2 Å². The topological polar surface area (TPSA) is 41.6 Å². The minimum atomic E-state index is 0.204. The number of hydrogen-bond donors (Lipinski definition) is 1. The molecule has 4 nitrogen and oxygen atoms in total. The third-order valence-corrected chi connectivity index (χ3v) is 3.06. The van der Waals surface area contributed by atoms with Crippen molar-refractivity contribution in [3.05, 3.63) is 0 Å². The van der Waals surface area contributed by atoms with Gasteiger partial charge in [0, 0.05) is 13.1 Å². The fourth-order valence-corrected chi connectivity index (χ4v) is 2.15. The summed E-state index contributed by atoms with van der Waals surface area (Å²) in [6, 6.07) is 0.247. The molecule has 2 aliphatic rings. The summed E-state index contributed by atoms with van der Waals surface area (Å²) in [5, 5.41) is 3.23. The highest BCUT2D eigenvalue weighted by atomic mass is 16.5. The van der Waals surface area contributed by atoms with Crippen LogP contribution in [-0.4, -0.2) is 49.7 Å². The maximum absolute atomic E-state index is 12.0. The number of ether oxygens (including phenoxy) is 1. The number of carbonyl (C=O) groups is 1. The number of rotatable bonds is 1. The third kappa shape index (κ3) is 1.91. The van der Waals surface area contributed by atoms with E-state index in [4.69, 9.17) is 4.74 Å². The fraction of sp³-hybridized carbons (Fsp3) is 0.900. The predicted octanol–water partition coefficient (Wildman–Crippen LogP) is -0.157. The highest BCUT2D eigenvalue weighted by Crippen LogP contribution is 2.15. The number of nitrogens with one attached hydrogen (secondary N) is 1. The van der Waals surface area contributed by atoms with Gasteiger partial charge in [0.15, 0.2) is 0 Å².